The number of amides is 1. The molecule has 0 aliphatic carbocycles. The van der Waals surface area contributed by atoms with Crippen molar-refractivity contribution in [1.29, 1.82) is 0 Å². The third-order valence-electron chi connectivity index (χ3n) is 1.40. The fourth-order valence-corrected chi connectivity index (χ4v) is 0.723. The summed E-state index contributed by atoms with van der Waals surface area (Å²) in [5.74, 6) is 0. The highest BCUT2D eigenvalue weighted by molar-refractivity contribution is 5.67. The van der Waals surface area contributed by atoms with E-state index in [1.807, 2.05) is 0 Å². The van der Waals surface area contributed by atoms with E-state index in [1.54, 1.807) is 5.32 Å². The van der Waals surface area contributed by atoms with E-state index in [1.165, 1.54) is 7.11 Å². The Hall–Kier alpha value is -1.19. The highest BCUT2D eigenvalue weighted by Gasteiger charge is 2.59. The third-order valence-corrected chi connectivity index (χ3v) is 1.40. The fourth-order valence-electron chi connectivity index (χ4n) is 0.723. The average molecular weight is 269 g/mol. The number of ether oxygens (including phenoxy) is 2. The Morgan fingerprint density at radius 1 is 1.18 bits per heavy atom. The van der Waals surface area contributed by atoms with Gasteiger partial charge >= 0.3 is 18.4 Å². The summed E-state index contributed by atoms with van der Waals surface area (Å²) in [6.45, 7) is -0.338. The first kappa shape index (κ1) is 15.8. The van der Waals surface area contributed by atoms with Crippen molar-refractivity contribution in [1.82, 2.24) is 5.32 Å². The van der Waals surface area contributed by atoms with Gasteiger partial charge in [0, 0.05) is 13.7 Å². The summed E-state index contributed by atoms with van der Waals surface area (Å²) in [7, 11) is 1.24. The summed E-state index contributed by atoms with van der Waals surface area (Å²) in [6.07, 6.45) is -17.4. The lowest BCUT2D eigenvalue weighted by Gasteiger charge is -2.22. The molecule has 10 heteroatoms. The van der Waals surface area contributed by atoms with Gasteiger partial charge in [-0.05, 0) is 0 Å². The van der Waals surface area contributed by atoms with Crippen molar-refractivity contribution >= 4 is 6.09 Å². The Morgan fingerprint density at radius 2 is 1.65 bits per heavy atom. The van der Waals surface area contributed by atoms with Crippen LogP contribution < -0.4 is 5.32 Å². The Labute approximate surface area is 91.9 Å². The smallest absolute Gasteiger partial charge is 0.427 e. The van der Waals surface area contributed by atoms with E-state index in [0.717, 1.165) is 0 Å². The molecule has 0 aliphatic heterocycles. The van der Waals surface area contributed by atoms with E-state index >= 15 is 0 Å². The van der Waals surface area contributed by atoms with Crippen LogP contribution in [-0.4, -0.2) is 44.8 Å². The zero-order valence-electron chi connectivity index (χ0n) is 8.48. The second kappa shape index (κ2) is 5.94. The summed E-state index contributed by atoms with van der Waals surface area (Å²) in [5.41, 5.74) is 0. The molecule has 102 valence electrons. The maximum atomic E-state index is 11.9. The number of hydrogen-bond donors (Lipinski definition) is 1. The summed E-state index contributed by atoms with van der Waals surface area (Å²) < 4.78 is 79.2. The van der Waals surface area contributed by atoms with Crippen molar-refractivity contribution in [3.05, 3.63) is 0 Å². The van der Waals surface area contributed by atoms with Gasteiger partial charge in [0.05, 0.1) is 6.61 Å². The van der Waals surface area contributed by atoms with Crippen LogP contribution in [-0.2, 0) is 9.47 Å². The van der Waals surface area contributed by atoms with Crippen LogP contribution in [0.25, 0.3) is 0 Å². The minimum Gasteiger partial charge on any atom is -0.427 e. The molecule has 4 nitrogen and oxygen atoms in total. The molecule has 0 aliphatic rings. The molecule has 0 aromatic heterocycles. The molecular weight excluding hydrogens is 260 g/mol. The molecule has 0 fully saturated rings. The number of carbonyl (C=O) groups is 1. The SMILES string of the molecule is COCCNC(=O)OC(C(F)(F)F)C(F)(F)F. The zero-order valence-corrected chi connectivity index (χ0v) is 8.48. The molecule has 0 saturated carbocycles. The van der Waals surface area contributed by atoms with Crippen LogP contribution in [0.3, 0.4) is 0 Å². The number of alkyl carbamates (subject to hydrolysis) is 1. The molecular formula is C7H9F6NO3. The van der Waals surface area contributed by atoms with Crippen LogP contribution >= 0.6 is 0 Å². The first-order valence-electron chi connectivity index (χ1n) is 4.16. The van der Waals surface area contributed by atoms with Gasteiger partial charge in [-0.3, -0.25) is 0 Å². The molecule has 0 spiro atoms. The lowest BCUT2D eigenvalue weighted by atomic mass is 10.3. The predicted octanol–water partition coefficient (Wildman–Crippen LogP) is 1.85. The summed E-state index contributed by atoms with van der Waals surface area (Å²) in [6, 6.07) is 0. The van der Waals surface area contributed by atoms with Crippen LogP contribution in [0.5, 0.6) is 0 Å². The topological polar surface area (TPSA) is 47.6 Å². The maximum Gasteiger partial charge on any atom is 0.434 e. The minimum absolute atomic E-state index is 0.0716. The van der Waals surface area contributed by atoms with Gasteiger partial charge < -0.3 is 14.8 Å². The van der Waals surface area contributed by atoms with Gasteiger partial charge in [0.15, 0.2) is 0 Å². The van der Waals surface area contributed by atoms with E-state index in [9.17, 15) is 31.1 Å². The maximum absolute atomic E-state index is 11.9. The molecule has 0 rings (SSSR count). The van der Waals surface area contributed by atoms with Crippen molar-refractivity contribution in [2.24, 2.45) is 0 Å². The van der Waals surface area contributed by atoms with Crippen molar-refractivity contribution in [3.63, 3.8) is 0 Å². The van der Waals surface area contributed by atoms with E-state index < -0.39 is 24.5 Å². The Bertz CT molecular complexity index is 237. The average Bonchev–Trinajstić information content (AvgIpc) is 2.11. The van der Waals surface area contributed by atoms with E-state index in [2.05, 4.69) is 9.47 Å². The molecule has 0 saturated heterocycles. The van der Waals surface area contributed by atoms with Crippen LogP contribution in [0.2, 0.25) is 0 Å². The minimum atomic E-state index is -5.71. The van der Waals surface area contributed by atoms with E-state index in [0.29, 0.717) is 0 Å². The lowest BCUT2D eigenvalue weighted by molar-refractivity contribution is -0.307. The number of alkyl halides is 6. The highest BCUT2D eigenvalue weighted by atomic mass is 19.4. The third kappa shape index (κ3) is 6.19. The number of halogens is 6. The molecule has 0 radical (unpaired) electrons. The van der Waals surface area contributed by atoms with Gasteiger partial charge in [-0.1, -0.05) is 0 Å². The van der Waals surface area contributed by atoms with Crippen molar-refractivity contribution in [2.45, 2.75) is 18.5 Å². The molecule has 0 bridgehead atoms. The second-order valence-electron chi connectivity index (χ2n) is 2.79. The van der Waals surface area contributed by atoms with E-state index in [-0.39, 0.29) is 13.2 Å². The Morgan fingerprint density at radius 3 is 2.00 bits per heavy atom. The Balaban J connectivity index is 4.41. The largest absolute Gasteiger partial charge is 0.434 e. The molecule has 0 heterocycles. The van der Waals surface area contributed by atoms with Crippen molar-refractivity contribution < 1.29 is 40.6 Å². The van der Waals surface area contributed by atoms with Crippen molar-refractivity contribution in [3.8, 4) is 0 Å². The number of hydrogen-bond acceptors (Lipinski definition) is 3. The first-order valence-corrected chi connectivity index (χ1v) is 4.16. The second-order valence-corrected chi connectivity index (χ2v) is 2.79. The number of carbonyl (C=O) groups excluding carboxylic acids is 1. The standard InChI is InChI=1S/C7H9F6NO3/c1-16-3-2-14-5(15)17-4(6(8,9)10)7(11,12)13/h4H,2-3H2,1H3,(H,14,15). The molecule has 17 heavy (non-hydrogen) atoms. The summed E-state index contributed by atoms with van der Waals surface area (Å²) in [5, 5.41) is 1.67. The molecule has 0 aromatic rings. The highest BCUT2D eigenvalue weighted by Crippen LogP contribution is 2.35. The van der Waals surface area contributed by atoms with Gasteiger partial charge in [-0.15, -0.1) is 0 Å². The normalized spacial score (nSPS) is 12.7. The fraction of sp³-hybridized carbons (Fsp3) is 0.857. The first-order chi connectivity index (χ1) is 7.59. The van der Waals surface area contributed by atoms with Crippen LogP contribution in [0.15, 0.2) is 0 Å². The number of rotatable bonds is 4. The van der Waals surface area contributed by atoms with Crippen LogP contribution in [0.1, 0.15) is 0 Å². The Kier molecular flexibility index (Phi) is 5.52. The number of methoxy groups -OCH3 is 1. The molecule has 0 atom stereocenters. The van der Waals surface area contributed by atoms with Crippen molar-refractivity contribution in [2.75, 3.05) is 20.3 Å². The lowest BCUT2D eigenvalue weighted by Crippen LogP contribution is -2.47. The monoisotopic (exact) mass is 269 g/mol. The van der Waals surface area contributed by atoms with Gasteiger partial charge in [0.25, 0.3) is 6.10 Å². The molecule has 1 N–H and O–H groups in total. The number of nitrogens with one attached hydrogen (secondary N) is 1. The van der Waals surface area contributed by atoms with Gasteiger partial charge in [-0.25, -0.2) is 4.79 Å². The predicted molar refractivity (Wildman–Crippen MR) is 42.3 cm³/mol. The summed E-state index contributed by atoms with van der Waals surface area (Å²) >= 11 is 0. The quantitative estimate of drug-likeness (QED) is 0.626. The van der Waals surface area contributed by atoms with Gasteiger partial charge in [-0.2, -0.15) is 26.3 Å². The van der Waals surface area contributed by atoms with E-state index in [4.69, 9.17) is 0 Å². The van der Waals surface area contributed by atoms with Gasteiger partial charge in [0.1, 0.15) is 0 Å². The molecule has 0 unspecified atom stereocenters. The van der Waals surface area contributed by atoms with Crippen LogP contribution in [0, 0.1) is 0 Å². The summed E-state index contributed by atoms with van der Waals surface area (Å²) in [4.78, 5) is 10.6. The zero-order chi connectivity index (χ0) is 13.7. The molecule has 1 amide bonds. The van der Waals surface area contributed by atoms with Crippen LogP contribution in [0.4, 0.5) is 31.1 Å². The molecule has 0 aromatic carbocycles. The van der Waals surface area contributed by atoms with Gasteiger partial charge in [0.2, 0.25) is 0 Å².